The molecule has 0 aliphatic heterocycles. The Morgan fingerprint density at radius 3 is 2.62 bits per heavy atom. The first-order valence-electron chi connectivity index (χ1n) is 5.50. The lowest BCUT2D eigenvalue weighted by Crippen LogP contribution is -2.26. The highest BCUT2D eigenvalue weighted by Gasteiger charge is 2.12. The van der Waals surface area contributed by atoms with Gasteiger partial charge in [-0.05, 0) is 24.5 Å². The molecule has 1 aromatic heterocycles. The van der Waals surface area contributed by atoms with Gasteiger partial charge in [0.2, 0.25) is 0 Å². The van der Waals surface area contributed by atoms with E-state index >= 15 is 0 Å². The van der Waals surface area contributed by atoms with E-state index in [2.05, 4.69) is 24.1 Å². The number of rotatable bonds is 6. The minimum atomic E-state index is 0.360. The normalized spacial score (nSPS) is 12.6. The first-order chi connectivity index (χ1) is 7.67. The molecule has 1 atom stereocenters. The number of ether oxygens (including phenoxy) is 1. The summed E-state index contributed by atoms with van der Waals surface area (Å²) in [7, 11) is 1.63. The highest BCUT2D eigenvalue weighted by Crippen LogP contribution is 2.16. The Kier molecular flexibility index (Phi) is 5.39. The smallest absolute Gasteiger partial charge is 0.137 e. The number of nitrogens with one attached hydrogen (secondary N) is 1. The largest absolute Gasteiger partial charge is 0.495 e. The van der Waals surface area contributed by atoms with Gasteiger partial charge in [-0.1, -0.05) is 13.8 Å². The van der Waals surface area contributed by atoms with Gasteiger partial charge in [-0.2, -0.15) is 0 Å². The average Bonchev–Trinajstić information content (AvgIpc) is 2.29. The number of halogens is 1. The Morgan fingerprint density at radius 2 is 2.19 bits per heavy atom. The highest BCUT2D eigenvalue weighted by atomic mass is 35.5. The average molecular weight is 243 g/mol. The molecule has 1 unspecified atom stereocenters. The second kappa shape index (κ2) is 6.59. The maximum atomic E-state index is 5.77. The van der Waals surface area contributed by atoms with Crippen LogP contribution in [0.25, 0.3) is 0 Å². The number of nitrogens with zero attached hydrogens (tertiary/aromatic N) is 1. The van der Waals surface area contributed by atoms with Crippen LogP contribution in [0.2, 0.25) is 0 Å². The quantitative estimate of drug-likeness (QED) is 0.779. The van der Waals surface area contributed by atoms with Gasteiger partial charge < -0.3 is 10.1 Å². The van der Waals surface area contributed by atoms with Crippen molar-refractivity contribution in [2.24, 2.45) is 5.92 Å². The molecule has 0 amide bonds. The van der Waals surface area contributed by atoms with Gasteiger partial charge in [0, 0.05) is 11.9 Å². The van der Waals surface area contributed by atoms with Crippen LogP contribution in [-0.4, -0.2) is 24.0 Å². The SMILES string of the molecule is COc1ccc(NC(CCCl)C(C)C)nc1. The predicted molar refractivity (Wildman–Crippen MR) is 68.4 cm³/mol. The van der Waals surface area contributed by atoms with Crippen molar-refractivity contribution in [1.82, 2.24) is 4.98 Å². The molecule has 16 heavy (non-hydrogen) atoms. The number of methoxy groups -OCH3 is 1. The number of aromatic nitrogens is 1. The molecule has 1 heterocycles. The van der Waals surface area contributed by atoms with Crippen molar-refractivity contribution >= 4 is 17.4 Å². The molecule has 0 spiro atoms. The number of hydrogen-bond donors (Lipinski definition) is 1. The van der Waals surface area contributed by atoms with Gasteiger partial charge >= 0.3 is 0 Å². The molecule has 0 aliphatic carbocycles. The summed E-state index contributed by atoms with van der Waals surface area (Å²) < 4.78 is 5.06. The van der Waals surface area contributed by atoms with E-state index in [1.54, 1.807) is 13.3 Å². The third-order valence-electron chi connectivity index (χ3n) is 2.53. The van der Waals surface area contributed by atoms with Crippen LogP contribution in [0.3, 0.4) is 0 Å². The van der Waals surface area contributed by atoms with Gasteiger partial charge in [0.25, 0.3) is 0 Å². The van der Waals surface area contributed by atoms with Crippen LogP contribution in [-0.2, 0) is 0 Å². The lowest BCUT2D eigenvalue weighted by atomic mass is 10.0. The van der Waals surface area contributed by atoms with E-state index in [0.29, 0.717) is 17.8 Å². The van der Waals surface area contributed by atoms with E-state index in [4.69, 9.17) is 16.3 Å². The van der Waals surface area contributed by atoms with Crippen LogP contribution in [0.5, 0.6) is 5.75 Å². The molecule has 4 heteroatoms. The molecule has 3 nitrogen and oxygen atoms in total. The van der Waals surface area contributed by atoms with Gasteiger partial charge in [0.1, 0.15) is 11.6 Å². The molecule has 0 fully saturated rings. The van der Waals surface area contributed by atoms with E-state index < -0.39 is 0 Å². The topological polar surface area (TPSA) is 34.1 Å². The molecule has 1 aromatic rings. The summed E-state index contributed by atoms with van der Waals surface area (Å²) in [5.41, 5.74) is 0. The van der Waals surface area contributed by atoms with E-state index in [0.717, 1.165) is 18.0 Å². The Balaban J connectivity index is 2.62. The fourth-order valence-corrected chi connectivity index (χ4v) is 1.70. The second-order valence-electron chi connectivity index (χ2n) is 4.06. The Morgan fingerprint density at radius 1 is 1.44 bits per heavy atom. The Labute approximate surface area is 102 Å². The van der Waals surface area contributed by atoms with Crippen LogP contribution < -0.4 is 10.1 Å². The minimum Gasteiger partial charge on any atom is -0.495 e. The molecule has 0 saturated heterocycles. The summed E-state index contributed by atoms with van der Waals surface area (Å²) in [6.45, 7) is 4.35. The van der Waals surface area contributed by atoms with Crippen molar-refractivity contribution in [1.29, 1.82) is 0 Å². The molecular formula is C12H19ClN2O. The zero-order chi connectivity index (χ0) is 12.0. The van der Waals surface area contributed by atoms with Crippen LogP contribution in [0.15, 0.2) is 18.3 Å². The third-order valence-corrected chi connectivity index (χ3v) is 2.75. The molecular weight excluding hydrogens is 224 g/mol. The summed E-state index contributed by atoms with van der Waals surface area (Å²) in [6, 6.07) is 4.17. The molecule has 0 saturated carbocycles. The molecule has 1 N–H and O–H groups in total. The minimum absolute atomic E-state index is 0.360. The van der Waals surface area contributed by atoms with Gasteiger partial charge in [0.15, 0.2) is 0 Å². The summed E-state index contributed by atoms with van der Waals surface area (Å²) in [5, 5.41) is 3.38. The monoisotopic (exact) mass is 242 g/mol. The predicted octanol–water partition coefficient (Wildman–Crippen LogP) is 3.16. The highest BCUT2D eigenvalue weighted by molar-refractivity contribution is 6.17. The summed E-state index contributed by atoms with van der Waals surface area (Å²) in [5.74, 6) is 2.82. The first kappa shape index (κ1) is 13.1. The molecule has 90 valence electrons. The van der Waals surface area contributed by atoms with Crippen LogP contribution in [0.4, 0.5) is 5.82 Å². The van der Waals surface area contributed by atoms with E-state index in [-0.39, 0.29) is 0 Å². The van der Waals surface area contributed by atoms with E-state index in [9.17, 15) is 0 Å². The zero-order valence-electron chi connectivity index (χ0n) is 10.0. The number of anilines is 1. The van der Waals surface area contributed by atoms with Gasteiger partial charge in [-0.25, -0.2) is 4.98 Å². The second-order valence-corrected chi connectivity index (χ2v) is 4.43. The number of alkyl halides is 1. The zero-order valence-corrected chi connectivity index (χ0v) is 10.8. The fourth-order valence-electron chi connectivity index (χ4n) is 1.47. The maximum Gasteiger partial charge on any atom is 0.137 e. The van der Waals surface area contributed by atoms with Crippen molar-refractivity contribution in [2.45, 2.75) is 26.3 Å². The maximum absolute atomic E-state index is 5.77. The van der Waals surface area contributed by atoms with Crippen LogP contribution in [0, 0.1) is 5.92 Å². The van der Waals surface area contributed by atoms with Crippen LogP contribution in [0.1, 0.15) is 20.3 Å². The summed E-state index contributed by atoms with van der Waals surface area (Å²) in [6.07, 6.45) is 2.65. The van der Waals surface area contributed by atoms with Crippen molar-refractivity contribution in [2.75, 3.05) is 18.3 Å². The first-order valence-corrected chi connectivity index (χ1v) is 6.03. The molecule has 1 rings (SSSR count). The van der Waals surface area contributed by atoms with Gasteiger partial charge in [-0.15, -0.1) is 11.6 Å². The Bertz CT molecular complexity index is 300. The van der Waals surface area contributed by atoms with Crippen molar-refractivity contribution < 1.29 is 4.74 Å². The van der Waals surface area contributed by atoms with Crippen molar-refractivity contribution in [3.8, 4) is 5.75 Å². The lowest BCUT2D eigenvalue weighted by molar-refractivity contribution is 0.413. The molecule has 0 aromatic carbocycles. The van der Waals surface area contributed by atoms with Gasteiger partial charge in [-0.3, -0.25) is 0 Å². The Hall–Kier alpha value is -0.960. The lowest BCUT2D eigenvalue weighted by Gasteiger charge is -2.22. The van der Waals surface area contributed by atoms with E-state index in [1.807, 2.05) is 12.1 Å². The van der Waals surface area contributed by atoms with Crippen LogP contribution >= 0.6 is 11.6 Å². The summed E-state index contributed by atoms with van der Waals surface area (Å²) in [4.78, 5) is 4.27. The molecule has 0 bridgehead atoms. The summed E-state index contributed by atoms with van der Waals surface area (Å²) >= 11 is 5.77. The number of pyridine rings is 1. The van der Waals surface area contributed by atoms with Crippen molar-refractivity contribution in [3.05, 3.63) is 18.3 Å². The van der Waals surface area contributed by atoms with E-state index in [1.165, 1.54) is 0 Å². The number of hydrogen-bond acceptors (Lipinski definition) is 3. The van der Waals surface area contributed by atoms with Crippen molar-refractivity contribution in [3.63, 3.8) is 0 Å². The molecule has 0 radical (unpaired) electrons. The third kappa shape index (κ3) is 3.89. The van der Waals surface area contributed by atoms with Gasteiger partial charge in [0.05, 0.1) is 13.3 Å². The fraction of sp³-hybridized carbons (Fsp3) is 0.583. The standard InChI is InChI=1S/C12H19ClN2O/c1-9(2)11(6-7-13)15-12-5-4-10(16-3)8-14-12/h4-5,8-9,11H,6-7H2,1-3H3,(H,14,15). The molecule has 0 aliphatic rings.